The molecule has 0 unspecified atom stereocenters. The van der Waals surface area contributed by atoms with Crippen molar-refractivity contribution in [3.63, 3.8) is 0 Å². The summed E-state index contributed by atoms with van der Waals surface area (Å²) >= 11 is 0. The van der Waals surface area contributed by atoms with Gasteiger partial charge in [0.15, 0.2) is 0 Å². The SMILES string of the molecule is O[C@@H](CN1CCc2ccccc2C1)c1ccc(F)cc1F. The zero-order valence-corrected chi connectivity index (χ0v) is 11.6. The minimum absolute atomic E-state index is 0.148. The second kappa shape index (κ2) is 5.92. The van der Waals surface area contributed by atoms with E-state index in [1.54, 1.807) is 0 Å². The van der Waals surface area contributed by atoms with Gasteiger partial charge in [0.05, 0.1) is 6.10 Å². The van der Waals surface area contributed by atoms with Crippen LogP contribution in [0.2, 0.25) is 0 Å². The van der Waals surface area contributed by atoms with E-state index in [1.165, 1.54) is 23.3 Å². The Bertz CT molecular complexity index is 644. The summed E-state index contributed by atoms with van der Waals surface area (Å²) in [6, 6.07) is 11.5. The molecule has 4 heteroatoms. The lowest BCUT2D eigenvalue weighted by Gasteiger charge is -2.30. The zero-order chi connectivity index (χ0) is 14.8. The molecule has 0 amide bonds. The molecule has 0 saturated carbocycles. The predicted octanol–water partition coefficient (Wildman–Crippen LogP) is 3.06. The quantitative estimate of drug-likeness (QED) is 0.938. The number of aliphatic hydroxyl groups excluding tert-OH is 1. The van der Waals surface area contributed by atoms with Crippen LogP contribution >= 0.6 is 0 Å². The molecule has 2 aromatic rings. The van der Waals surface area contributed by atoms with Crippen molar-refractivity contribution in [1.82, 2.24) is 4.90 Å². The fourth-order valence-electron chi connectivity index (χ4n) is 2.82. The number of hydrogen-bond acceptors (Lipinski definition) is 2. The molecule has 110 valence electrons. The van der Waals surface area contributed by atoms with Crippen molar-refractivity contribution < 1.29 is 13.9 Å². The monoisotopic (exact) mass is 289 g/mol. The third kappa shape index (κ3) is 3.12. The first-order chi connectivity index (χ1) is 10.1. The van der Waals surface area contributed by atoms with Crippen LogP contribution in [0.5, 0.6) is 0 Å². The van der Waals surface area contributed by atoms with Gasteiger partial charge >= 0.3 is 0 Å². The Hall–Kier alpha value is -1.78. The molecule has 0 radical (unpaired) electrons. The van der Waals surface area contributed by atoms with Crippen molar-refractivity contribution in [2.45, 2.75) is 19.1 Å². The number of hydrogen-bond donors (Lipinski definition) is 1. The van der Waals surface area contributed by atoms with Crippen LogP contribution in [-0.2, 0) is 13.0 Å². The fourth-order valence-corrected chi connectivity index (χ4v) is 2.82. The maximum Gasteiger partial charge on any atom is 0.131 e. The average molecular weight is 289 g/mol. The number of rotatable bonds is 3. The third-order valence-corrected chi connectivity index (χ3v) is 3.96. The van der Waals surface area contributed by atoms with Crippen LogP contribution in [0.4, 0.5) is 8.78 Å². The van der Waals surface area contributed by atoms with Crippen molar-refractivity contribution in [3.8, 4) is 0 Å². The zero-order valence-electron chi connectivity index (χ0n) is 11.6. The minimum Gasteiger partial charge on any atom is -0.387 e. The Morgan fingerprint density at radius 2 is 1.86 bits per heavy atom. The van der Waals surface area contributed by atoms with Gasteiger partial charge in [0, 0.05) is 31.3 Å². The van der Waals surface area contributed by atoms with Crippen molar-refractivity contribution in [1.29, 1.82) is 0 Å². The Morgan fingerprint density at radius 3 is 2.62 bits per heavy atom. The first kappa shape index (κ1) is 14.2. The second-order valence-corrected chi connectivity index (χ2v) is 5.44. The van der Waals surface area contributed by atoms with E-state index >= 15 is 0 Å². The lowest BCUT2D eigenvalue weighted by molar-refractivity contribution is 0.103. The van der Waals surface area contributed by atoms with Crippen LogP contribution in [0.3, 0.4) is 0 Å². The summed E-state index contributed by atoms with van der Waals surface area (Å²) in [4.78, 5) is 2.09. The van der Waals surface area contributed by atoms with Gasteiger partial charge in [-0.25, -0.2) is 8.78 Å². The van der Waals surface area contributed by atoms with E-state index in [0.29, 0.717) is 6.54 Å². The number of fused-ring (bicyclic) bond motifs is 1. The lowest BCUT2D eigenvalue weighted by atomic mass is 9.99. The highest BCUT2D eigenvalue weighted by atomic mass is 19.1. The normalized spacial score (nSPS) is 16.5. The molecule has 1 heterocycles. The minimum atomic E-state index is -0.948. The number of β-amino-alcohol motifs (C(OH)–C–C–N with tert-alkyl or cyclic N) is 1. The van der Waals surface area contributed by atoms with Crippen LogP contribution in [0, 0.1) is 11.6 Å². The van der Waals surface area contributed by atoms with Gasteiger partial charge in [-0.2, -0.15) is 0 Å². The Balaban J connectivity index is 1.70. The molecule has 0 bridgehead atoms. The van der Waals surface area contributed by atoms with Gasteiger partial charge in [-0.1, -0.05) is 30.3 Å². The van der Waals surface area contributed by atoms with Crippen molar-refractivity contribution in [2.75, 3.05) is 13.1 Å². The molecule has 2 aromatic carbocycles. The fraction of sp³-hybridized carbons (Fsp3) is 0.294. The van der Waals surface area contributed by atoms with Crippen LogP contribution < -0.4 is 0 Å². The highest BCUT2D eigenvalue weighted by molar-refractivity contribution is 5.29. The molecular formula is C17H17F2NO. The smallest absolute Gasteiger partial charge is 0.131 e. The number of benzene rings is 2. The highest BCUT2D eigenvalue weighted by Gasteiger charge is 2.21. The van der Waals surface area contributed by atoms with Crippen molar-refractivity contribution in [3.05, 3.63) is 70.8 Å². The Labute approximate surface area is 122 Å². The topological polar surface area (TPSA) is 23.5 Å². The standard InChI is InChI=1S/C17H17F2NO/c18-14-5-6-15(16(19)9-14)17(21)11-20-8-7-12-3-1-2-4-13(12)10-20/h1-6,9,17,21H,7-8,10-11H2/t17-/m0/s1. The van der Waals surface area contributed by atoms with Crippen molar-refractivity contribution in [2.24, 2.45) is 0 Å². The molecule has 0 spiro atoms. The molecule has 1 aliphatic rings. The van der Waals surface area contributed by atoms with E-state index in [0.717, 1.165) is 25.6 Å². The first-order valence-electron chi connectivity index (χ1n) is 7.05. The van der Waals surface area contributed by atoms with E-state index in [1.807, 2.05) is 12.1 Å². The number of halogens is 2. The molecule has 3 rings (SSSR count). The largest absolute Gasteiger partial charge is 0.387 e. The molecule has 0 saturated heterocycles. The first-order valence-corrected chi connectivity index (χ1v) is 7.05. The van der Waals surface area contributed by atoms with Crippen LogP contribution in [-0.4, -0.2) is 23.1 Å². The lowest BCUT2D eigenvalue weighted by Crippen LogP contribution is -2.34. The summed E-state index contributed by atoms with van der Waals surface area (Å²) < 4.78 is 26.6. The summed E-state index contributed by atoms with van der Waals surface area (Å²) in [6.07, 6.45) is -0.0229. The summed E-state index contributed by atoms with van der Waals surface area (Å²) in [5.74, 6) is -1.32. The summed E-state index contributed by atoms with van der Waals surface area (Å²) in [7, 11) is 0. The maximum absolute atomic E-state index is 13.7. The molecular weight excluding hydrogens is 272 g/mol. The summed E-state index contributed by atoms with van der Waals surface area (Å²) in [6.45, 7) is 1.92. The molecule has 21 heavy (non-hydrogen) atoms. The number of nitrogens with zero attached hydrogens (tertiary/aromatic N) is 1. The molecule has 1 aliphatic heterocycles. The average Bonchev–Trinajstić information content (AvgIpc) is 2.47. The van der Waals surface area contributed by atoms with E-state index in [2.05, 4.69) is 17.0 Å². The van der Waals surface area contributed by atoms with Gasteiger partial charge in [-0.3, -0.25) is 4.90 Å². The van der Waals surface area contributed by atoms with Gasteiger partial charge in [0.1, 0.15) is 11.6 Å². The van der Waals surface area contributed by atoms with E-state index < -0.39 is 17.7 Å². The molecule has 0 aliphatic carbocycles. The van der Waals surface area contributed by atoms with Crippen molar-refractivity contribution >= 4 is 0 Å². The van der Waals surface area contributed by atoms with Crippen LogP contribution in [0.25, 0.3) is 0 Å². The maximum atomic E-state index is 13.7. The van der Waals surface area contributed by atoms with E-state index in [9.17, 15) is 13.9 Å². The van der Waals surface area contributed by atoms with Gasteiger partial charge in [-0.15, -0.1) is 0 Å². The predicted molar refractivity (Wildman–Crippen MR) is 76.7 cm³/mol. The van der Waals surface area contributed by atoms with Gasteiger partial charge in [0.2, 0.25) is 0 Å². The number of aliphatic hydroxyl groups is 1. The van der Waals surface area contributed by atoms with E-state index in [4.69, 9.17) is 0 Å². The van der Waals surface area contributed by atoms with Gasteiger partial charge < -0.3 is 5.11 Å². The van der Waals surface area contributed by atoms with Gasteiger partial charge in [0.25, 0.3) is 0 Å². The van der Waals surface area contributed by atoms with Gasteiger partial charge in [-0.05, 0) is 23.6 Å². The summed E-state index contributed by atoms with van der Waals surface area (Å²) in [5, 5.41) is 10.2. The second-order valence-electron chi connectivity index (χ2n) is 5.44. The molecule has 1 atom stereocenters. The molecule has 0 aromatic heterocycles. The Morgan fingerprint density at radius 1 is 1.10 bits per heavy atom. The molecule has 0 fully saturated rings. The molecule has 1 N–H and O–H groups in total. The van der Waals surface area contributed by atoms with Crippen LogP contribution in [0.1, 0.15) is 22.8 Å². The summed E-state index contributed by atoms with van der Waals surface area (Å²) in [5.41, 5.74) is 2.72. The van der Waals surface area contributed by atoms with E-state index in [-0.39, 0.29) is 5.56 Å². The molecule has 2 nitrogen and oxygen atoms in total. The third-order valence-electron chi connectivity index (χ3n) is 3.96. The highest BCUT2D eigenvalue weighted by Crippen LogP contribution is 2.23. The Kier molecular flexibility index (Phi) is 3.99. The van der Waals surface area contributed by atoms with Crippen LogP contribution in [0.15, 0.2) is 42.5 Å².